The number of nitro groups is 1. The Morgan fingerprint density at radius 2 is 1.98 bits per heavy atom. The normalized spacial score (nSPS) is 20.2. The Balaban J connectivity index is 1.23. The van der Waals surface area contributed by atoms with Crippen molar-refractivity contribution in [2.75, 3.05) is 12.8 Å². The lowest BCUT2D eigenvalue weighted by Gasteiger charge is -2.46. The number of aliphatic hydroxyl groups is 1. The van der Waals surface area contributed by atoms with Gasteiger partial charge in [0.25, 0.3) is 12.0 Å². The molecule has 2 aliphatic heterocycles. The molecule has 4 heterocycles. The number of carboxylic acids is 1. The number of hydrogen-bond acceptors (Lipinski definition) is 11. The summed E-state index contributed by atoms with van der Waals surface area (Å²) in [5.41, 5.74) is 0.740. The third kappa shape index (κ3) is 6.12. The number of carbonyl (C=O) groups is 3. The number of hydrogen-bond donors (Lipinski definition) is 4. The number of aliphatic carboxylic acids is 1. The molecule has 0 saturated carbocycles. The molecule has 19 heteroatoms. The molecule has 16 nitrogen and oxygen atoms in total. The first-order chi connectivity index (χ1) is 21.2. The molecular weight excluding hydrogens is 653 g/mol. The number of amides is 2. The SMILES string of the molecule is CSc1c2sc(C3=C(C(=O)O)N4C(=O)[C@H]([C@@H](C)O)[C@H]4[C@H]3C)cn2c[n+]1CCNS(=O)(=O)NC(=O)OCc1ccc([N+](=O)[O-])cc1. The van der Waals surface area contributed by atoms with Crippen molar-refractivity contribution in [2.45, 2.75) is 44.2 Å². The lowest BCUT2D eigenvalue weighted by Crippen LogP contribution is -2.63. The van der Waals surface area contributed by atoms with Crippen molar-refractivity contribution in [3.05, 3.63) is 63.0 Å². The smallest absolute Gasteiger partial charge is 0.422 e. The fraction of sp³-hybridized carbons (Fsp3) is 0.385. The summed E-state index contributed by atoms with van der Waals surface area (Å²) in [5, 5.41) is 31.6. The largest absolute Gasteiger partial charge is 0.477 e. The summed E-state index contributed by atoms with van der Waals surface area (Å²) in [6, 6.07) is 4.80. The van der Waals surface area contributed by atoms with Gasteiger partial charge in [-0.1, -0.05) is 30.0 Å². The van der Waals surface area contributed by atoms with Crippen LogP contribution >= 0.6 is 23.1 Å². The van der Waals surface area contributed by atoms with E-state index in [-0.39, 0.29) is 37.0 Å². The van der Waals surface area contributed by atoms with Crippen LogP contribution in [0.5, 0.6) is 0 Å². The van der Waals surface area contributed by atoms with E-state index in [0.717, 1.165) is 9.86 Å². The number of carboxylic acid groups (broad SMARTS) is 1. The van der Waals surface area contributed by atoms with Gasteiger partial charge in [-0.25, -0.2) is 18.9 Å². The third-order valence-corrected chi connectivity index (χ3v) is 10.7. The molecule has 2 aliphatic rings. The zero-order chi connectivity index (χ0) is 32.8. The van der Waals surface area contributed by atoms with Crippen molar-refractivity contribution in [2.24, 2.45) is 11.8 Å². The van der Waals surface area contributed by atoms with E-state index < -0.39 is 51.2 Å². The van der Waals surface area contributed by atoms with Crippen LogP contribution in [0.25, 0.3) is 10.4 Å². The van der Waals surface area contributed by atoms with Crippen LogP contribution in [0.15, 0.2) is 47.5 Å². The second-order valence-electron chi connectivity index (χ2n) is 10.4. The van der Waals surface area contributed by atoms with Gasteiger partial charge in [-0.15, -0.1) is 0 Å². The first-order valence-electron chi connectivity index (χ1n) is 13.5. The summed E-state index contributed by atoms with van der Waals surface area (Å²) >= 11 is 2.75. The standard InChI is InChI=1S/C26H28N6O10S3/c1-13-18(21(25(35)36)31-20(13)19(14(2)33)22(31)34)17-10-30-12-29(23(43-3)24(30)44-17)9-8-27-45(40,41)28-26(37)42-11-15-4-6-16(7-5-15)32(38)39/h4-7,10,12-14,19-20,27,33H,8-9,11H2,1-3H3,(H-,28,35,36,37)/p+1/t13-,14+,19+,20+/m0/s1. The Labute approximate surface area is 264 Å². The van der Waals surface area contributed by atoms with Gasteiger partial charge >= 0.3 is 22.3 Å². The number of nitrogens with zero attached hydrogens (tertiary/aromatic N) is 4. The molecule has 240 valence electrons. The van der Waals surface area contributed by atoms with Crippen LogP contribution in [0.3, 0.4) is 0 Å². The molecule has 1 aromatic carbocycles. The van der Waals surface area contributed by atoms with Gasteiger partial charge in [0.15, 0.2) is 0 Å². The number of imidazole rings is 1. The molecule has 5 rings (SSSR count). The van der Waals surface area contributed by atoms with Crippen molar-refractivity contribution in [3.8, 4) is 0 Å². The van der Waals surface area contributed by atoms with Crippen molar-refractivity contribution in [3.63, 3.8) is 0 Å². The summed E-state index contributed by atoms with van der Waals surface area (Å²) in [7, 11) is -4.27. The van der Waals surface area contributed by atoms with E-state index in [1.807, 2.05) is 13.2 Å². The molecule has 0 spiro atoms. The minimum absolute atomic E-state index is 0.0781. The molecule has 0 bridgehead atoms. The molecule has 2 amide bonds. The minimum atomic E-state index is -4.27. The average molecular weight is 682 g/mol. The average Bonchev–Trinajstić information content (AvgIpc) is 3.58. The Hall–Kier alpha value is -4.04. The Kier molecular flexibility index (Phi) is 8.91. The van der Waals surface area contributed by atoms with Crippen molar-refractivity contribution >= 4 is 67.4 Å². The highest BCUT2D eigenvalue weighted by Crippen LogP contribution is 2.51. The number of benzene rings is 1. The fourth-order valence-corrected chi connectivity index (χ4v) is 8.57. The maximum absolute atomic E-state index is 12.7. The number of ether oxygens (including phenoxy) is 1. The Morgan fingerprint density at radius 3 is 2.58 bits per heavy atom. The van der Waals surface area contributed by atoms with Crippen LogP contribution in [0, 0.1) is 22.0 Å². The fourth-order valence-electron chi connectivity index (χ4n) is 5.65. The van der Waals surface area contributed by atoms with Gasteiger partial charge in [-0.3, -0.25) is 14.9 Å². The number of β-lactam (4-membered cyclic amide) rings is 1. The number of aromatic nitrogens is 2. The lowest BCUT2D eigenvalue weighted by molar-refractivity contribution is -0.727. The quantitative estimate of drug-likeness (QED) is 0.0704. The number of nitro benzene ring substituents is 1. The summed E-state index contributed by atoms with van der Waals surface area (Å²) < 4.78 is 37.3. The van der Waals surface area contributed by atoms with Crippen molar-refractivity contribution in [1.29, 1.82) is 0 Å². The molecule has 0 radical (unpaired) electrons. The maximum Gasteiger partial charge on any atom is 0.422 e. The number of nitrogens with one attached hydrogen (secondary N) is 2. The van der Waals surface area contributed by atoms with Crippen LogP contribution in [0.4, 0.5) is 10.5 Å². The third-order valence-electron chi connectivity index (χ3n) is 7.62. The molecule has 45 heavy (non-hydrogen) atoms. The number of thioether (sulfide) groups is 1. The number of rotatable bonds is 12. The van der Waals surface area contributed by atoms with E-state index in [1.165, 1.54) is 59.2 Å². The first kappa shape index (κ1) is 32.4. The monoisotopic (exact) mass is 681 g/mol. The number of carbonyl (C=O) groups excluding carboxylic acids is 2. The summed E-state index contributed by atoms with van der Waals surface area (Å²) in [4.78, 5) is 49.8. The molecule has 4 N–H and O–H groups in total. The summed E-state index contributed by atoms with van der Waals surface area (Å²) in [6.07, 6.45) is 3.22. The van der Waals surface area contributed by atoms with Gasteiger partial charge < -0.3 is 19.8 Å². The van der Waals surface area contributed by atoms with Crippen LogP contribution in [0.1, 0.15) is 24.3 Å². The lowest BCUT2D eigenvalue weighted by atomic mass is 9.77. The summed E-state index contributed by atoms with van der Waals surface area (Å²) in [6.45, 7) is 3.18. The minimum Gasteiger partial charge on any atom is -0.477 e. The van der Waals surface area contributed by atoms with Crippen molar-refractivity contribution < 1.29 is 47.2 Å². The van der Waals surface area contributed by atoms with Gasteiger partial charge in [0, 0.05) is 23.6 Å². The molecule has 1 saturated heterocycles. The van der Waals surface area contributed by atoms with E-state index in [9.17, 15) is 43.1 Å². The van der Waals surface area contributed by atoms with Gasteiger partial charge in [0.1, 0.15) is 25.0 Å². The molecule has 0 unspecified atom stereocenters. The predicted molar refractivity (Wildman–Crippen MR) is 160 cm³/mol. The Morgan fingerprint density at radius 1 is 1.29 bits per heavy atom. The Bertz CT molecular complexity index is 1830. The van der Waals surface area contributed by atoms with Crippen LogP contribution < -0.4 is 14.0 Å². The second-order valence-corrected chi connectivity index (χ2v) is 13.8. The molecule has 0 aliphatic carbocycles. The van der Waals surface area contributed by atoms with E-state index in [4.69, 9.17) is 4.74 Å². The predicted octanol–water partition coefficient (Wildman–Crippen LogP) is 1.33. The van der Waals surface area contributed by atoms with Crippen LogP contribution in [-0.4, -0.2) is 75.8 Å². The van der Waals surface area contributed by atoms with Gasteiger partial charge in [0.05, 0.1) is 34.4 Å². The van der Waals surface area contributed by atoms with Crippen LogP contribution in [-0.2, 0) is 37.7 Å². The molecule has 4 atom stereocenters. The topological polar surface area (TPSA) is 214 Å². The highest BCUT2D eigenvalue weighted by molar-refractivity contribution is 7.98. The van der Waals surface area contributed by atoms with E-state index in [0.29, 0.717) is 16.0 Å². The van der Waals surface area contributed by atoms with E-state index >= 15 is 0 Å². The highest BCUT2D eigenvalue weighted by Gasteiger charge is 2.60. The zero-order valence-electron chi connectivity index (χ0n) is 24.1. The van der Waals surface area contributed by atoms with Gasteiger partial charge in [0.2, 0.25) is 15.8 Å². The number of aliphatic hydroxyl groups excluding tert-OH is 1. The highest BCUT2D eigenvalue weighted by atomic mass is 32.2. The van der Waals surface area contributed by atoms with Crippen molar-refractivity contribution in [1.82, 2.24) is 18.7 Å². The maximum atomic E-state index is 12.7. The van der Waals surface area contributed by atoms with Gasteiger partial charge in [-0.05, 0) is 30.9 Å². The number of thiazole rings is 1. The molecule has 2 aromatic heterocycles. The zero-order valence-corrected chi connectivity index (χ0v) is 26.5. The summed E-state index contributed by atoms with van der Waals surface area (Å²) in [5.74, 6) is -2.61. The first-order valence-corrected chi connectivity index (χ1v) is 17.0. The number of non-ortho nitro benzene ring substituents is 1. The van der Waals surface area contributed by atoms with Crippen LogP contribution in [0.2, 0.25) is 0 Å². The molecule has 3 aromatic rings. The van der Waals surface area contributed by atoms with E-state index in [2.05, 4.69) is 4.72 Å². The molecule has 1 fully saturated rings. The molecular formula is C26H29N6O10S3+. The second kappa shape index (κ2) is 12.4. The van der Waals surface area contributed by atoms with E-state index in [1.54, 1.807) is 26.2 Å². The van der Waals surface area contributed by atoms with Gasteiger partial charge in [-0.2, -0.15) is 17.5 Å². The number of fused-ring (bicyclic) bond motifs is 2.